The van der Waals surface area contributed by atoms with Gasteiger partial charge in [0.1, 0.15) is 0 Å². The molecule has 0 unspecified atom stereocenters. The molecule has 1 saturated carbocycles. The second-order valence-corrected chi connectivity index (χ2v) is 4.76. The molecule has 14 heavy (non-hydrogen) atoms. The summed E-state index contributed by atoms with van der Waals surface area (Å²) in [6.45, 7) is 3.54. The standard InChI is InChI=1S/C12H22N2/c1-13-12(7-3-2-4-8-12)11-14-9-5-6-10-14/h5-6,13H,2-4,7-11H2,1H3. The highest BCUT2D eigenvalue weighted by Gasteiger charge is 2.32. The molecule has 0 amide bonds. The van der Waals surface area contributed by atoms with Gasteiger partial charge in [-0.3, -0.25) is 4.90 Å². The Morgan fingerprint density at radius 1 is 1.14 bits per heavy atom. The Labute approximate surface area is 87.4 Å². The summed E-state index contributed by atoms with van der Waals surface area (Å²) < 4.78 is 0. The molecule has 1 aliphatic heterocycles. The molecule has 0 spiro atoms. The predicted molar refractivity (Wildman–Crippen MR) is 60.5 cm³/mol. The Morgan fingerprint density at radius 2 is 1.79 bits per heavy atom. The lowest BCUT2D eigenvalue weighted by Crippen LogP contribution is -2.52. The first-order valence-electron chi connectivity index (χ1n) is 5.91. The first kappa shape index (κ1) is 10.2. The van der Waals surface area contributed by atoms with Crippen LogP contribution in [0.15, 0.2) is 12.2 Å². The Morgan fingerprint density at radius 3 is 2.36 bits per heavy atom. The van der Waals surface area contributed by atoms with Gasteiger partial charge in [-0.2, -0.15) is 0 Å². The van der Waals surface area contributed by atoms with Gasteiger partial charge < -0.3 is 5.32 Å². The van der Waals surface area contributed by atoms with E-state index in [2.05, 4.69) is 29.4 Å². The maximum atomic E-state index is 3.57. The SMILES string of the molecule is CNC1(CN2CC=CC2)CCCCC1. The molecule has 2 heteroatoms. The highest BCUT2D eigenvalue weighted by atomic mass is 15.2. The second kappa shape index (κ2) is 4.45. The fourth-order valence-electron chi connectivity index (χ4n) is 2.79. The molecule has 0 bridgehead atoms. The van der Waals surface area contributed by atoms with E-state index in [9.17, 15) is 0 Å². The number of rotatable bonds is 3. The summed E-state index contributed by atoms with van der Waals surface area (Å²) in [5, 5.41) is 3.57. The van der Waals surface area contributed by atoms with E-state index in [0.29, 0.717) is 5.54 Å². The molecule has 80 valence electrons. The number of hydrogen-bond donors (Lipinski definition) is 1. The third kappa shape index (κ3) is 2.18. The van der Waals surface area contributed by atoms with Crippen molar-refractivity contribution in [2.75, 3.05) is 26.7 Å². The van der Waals surface area contributed by atoms with Crippen molar-refractivity contribution in [2.24, 2.45) is 0 Å². The summed E-state index contributed by atoms with van der Waals surface area (Å²) in [6, 6.07) is 0. The molecule has 0 aromatic carbocycles. The first-order valence-corrected chi connectivity index (χ1v) is 5.91. The molecule has 0 aromatic rings. The van der Waals surface area contributed by atoms with E-state index in [-0.39, 0.29) is 0 Å². The van der Waals surface area contributed by atoms with Crippen molar-refractivity contribution in [2.45, 2.75) is 37.6 Å². The van der Waals surface area contributed by atoms with E-state index in [4.69, 9.17) is 0 Å². The third-order valence-corrected chi connectivity index (χ3v) is 3.76. The van der Waals surface area contributed by atoms with Gasteiger partial charge in [0.2, 0.25) is 0 Å². The van der Waals surface area contributed by atoms with Crippen LogP contribution < -0.4 is 5.32 Å². The van der Waals surface area contributed by atoms with E-state index in [1.807, 2.05) is 0 Å². The Balaban J connectivity index is 1.90. The van der Waals surface area contributed by atoms with Crippen molar-refractivity contribution in [1.82, 2.24) is 10.2 Å². The van der Waals surface area contributed by atoms with Gasteiger partial charge >= 0.3 is 0 Å². The average Bonchev–Trinajstić information content (AvgIpc) is 2.72. The van der Waals surface area contributed by atoms with Crippen LogP contribution in [0.5, 0.6) is 0 Å². The first-order chi connectivity index (χ1) is 6.85. The molecule has 0 radical (unpaired) electrons. The van der Waals surface area contributed by atoms with Crippen molar-refractivity contribution >= 4 is 0 Å². The highest BCUT2D eigenvalue weighted by Crippen LogP contribution is 2.29. The Bertz CT molecular complexity index is 196. The van der Waals surface area contributed by atoms with E-state index >= 15 is 0 Å². The number of nitrogens with zero attached hydrogens (tertiary/aromatic N) is 1. The van der Waals surface area contributed by atoms with Crippen molar-refractivity contribution in [1.29, 1.82) is 0 Å². The van der Waals surface area contributed by atoms with E-state index < -0.39 is 0 Å². The quantitative estimate of drug-likeness (QED) is 0.689. The highest BCUT2D eigenvalue weighted by molar-refractivity contribution is 5.00. The number of hydrogen-bond acceptors (Lipinski definition) is 2. The van der Waals surface area contributed by atoms with Crippen molar-refractivity contribution in [3.63, 3.8) is 0 Å². The van der Waals surface area contributed by atoms with Crippen LogP contribution in [-0.4, -0.2) is 37.1 Å². The molecule has 0 atom stereocenters. The van der Waals surface area contributed by atoms with Crippen LogP contribution in [0.2, 0.25) is 0 Å². The topological polar surface area (TPSA) is 15.3 Å². The normalized spacial score (nSPS) is 26.9. The zero-order valence-electron chi connectivity index (χ0n) is 9.26. The second-order valence-electron chi connectivity index (χ2n) is 4.76. The minimum atomic E-state index is 0.421. The molecule has 0 saturated heterocycles. The van der Waals surface area contributed by atoms with Crippen molar-refractivity contribution in [3.8, 4) is 0 Å². The molecular weight excluding hydrogens is 172 g/mol. The molecule has 2 aliphatic rings. The summed E-state index contributed by atoms with van der Waals surface area (Å²) in [4.78, 5) is 2.54. The van der Waals surface area contributed by atoms with Crippen LogP contribution in [-0.2, 0) is 0 Å². The lowest BCUT2D eigenvalue weighted by atomic mass is 9.81. The van der Waals surface area contributed by atoms with Gasteiger partial charge in [-0.15, -0.1) is 0 Å². The molecular formula is C12H22N2. The summed E-state index contributed by atoms with van der Waals surface area (Å²) in [7, 11) is 2.13. The van der Waals surface area contributed by atoms with Gasteiger partial charge in [-0.25, -0.2) is 0 Å². The lowest BCUT2D eigenvalue weighted by molar-refractivity contribution is 0.170. The molecule has 2 nitrogen and oxygen atoms in total. The van der Waals surface area contributed by atoms with Crippen LogP contribution in [0, 0.1) is 0 Å². The van der Waals surface area contributed by atoms with Gasteiger partial charge in [0.25, 0.3) is 0 Å². The third-order valence-electron chi connectivity index (χ3n) is 3.76. The molecule has 2 rings (SSSR count). The fourth-order valence-corrected chi connectivity index (χ4v) is 2.79. The van der Waals surface area contributed by atoms with E-state index in [0.717, 1.165) is 13.1 Å². The van der Waals surface area contributed by atoms with Gasteiger partial charge in [-0.1, -0.05) is 31.4 Å². The molecule has 0 aromatic heterocycles. The average molecular weight is 194 g/mol. The van der Waals surface area contributed by atoms with Crippen LogP contribution in [0.4, 0.5) is 0 Å². The van der Waals surface area contributed by atoms with Gasteiger partial charge in [0.05, 0.1) is 0 Å². The zero-order valence-corrected chi connectivity index (χ0v) is 9.26. The maximum absolute atomic E-state index is 3.57. The van der Waals surface area contributed by atoms with E-state index in [1.165, 1.54) is 38.6 Å². The van der Waals surface area contributed by atoms with Gasteiger partial charge in [-0.05, 0) is 19.9 Å². The minimum absolute atomic E-state index is 0.421. The molecule has 1 fully saturated rings. The summed E-state index contributed by atoms with van der Waals surface area (Å²) >= 11 is 0. The van der Waals surface area contributed by atoms with Crippen LogP contribution in [0.3, 0.4) is 0 Å². The summed E-state index contributed by atoms with van der Waals surface area (Å²) in [6.07, 6.45) is 11.5. The molecule has 1 N–H and O–H groups in total. The summed E-state index contributed by atoms with van der Waals surface area (Å²) in [5.74, 6) is 0. The largest absolute Gasteiger partial charge is 0.313 e. The monoisotopic (exact) mass is 194 g/mol. The summed E-state index contributed by atoms with van der Waals surface area (Å²) in [5.41, 5.74) is 0.421. The van der Waals surface area contributed by atoms with Crippen LogP contribution in [0.1, 0.15) is 32.1 Å². The Hall–Kier alpha value is -0.340. The van der Waals surface area contributed by atoms with Crippen LogP contribution in [0.25, 0.3) is 0 Å². The lowest BCUT2D eigenvalue weighted by Gasteiger charge is -2.40. The Kier molecular flexibility index (Phi) is 3.24. The molecule has 1 heterocycles. The molecule has 1 aliphatic carbocycles. The smallest absolute Gasteiger partial charge is 0.0306 e. The van der Waals surface area contributed by atoms with Crippen molar-refractivity contribution in [3.05, 3.63) is 12.2 Å². The van der Waals surface area contributed by atoms with Crippen molar-refractivity contribution < 1.29 is 0 Å². The zero-order chi connectivity index (χ0) is 9.86. The van der Waals surface area contributed by atoms with E-state index in [1.54, 1.807) is 0 Å². The van der Waals surface area contributed by atoms with Gasteiger partial charge in [0, 0.05) is 25.2 Å². The van der Waals surface area contributed by atoms with Crippen LogP contribution >= 0.6 is 0 Å². The van der Waals surface area contributed by atoms with Gasteiger partial charge in [0.15, 0.2) is 0 Å². The number of nitrogens with one attached hydrogen (secondary N) is 1. The number of likely N-dealkylation sites (N-methyl/N-ethyl adjacent to an activating group) is 1. The maximum Gasteiger partial charge on any atom is 0.0306 e. The fraction of sp³-hybridized carbons (Fsp3) is 0.833. The predicted octanol–water partition coefficient (Wildman–Crippen LogP) is 1.78. The minimum Gasteiger partial charge on any atom is -0.313 e.